The fourth-order valence-corrected chi connectivity index (χ4v) is 0. The van der Waals surface area contributed by atoms with Gasteiger partial charge in [-0.1, -0.05) is 0 Å². The smallest absolute Gasteiger partial charge is 0.511 e. The zero-order valence-electron chi connectivity index (χ0n) is 2.80. The predicted molar refractivity (Wildman–Crippen MR) is 16.6 cm³/mol. The van der Waals surface area contributed by atoms with E-state index in [9.17, 15) is 0 Å². The number of rotatable bonds is 0. The molecule has 1 radical (unpaired) electrons. The fraction of sp³-hybridized carbons (Fsp3) is 0. The Balaban J connectivity index is 0. The molecule has 0 fully saturated rings. The van der Waals surface area contributed by atoms with Crippen LogP contribution in [0, 0.1) is 0 Å². The average Bonchev–Trinajstić information content (AvgIpc) is 0.811. The summed E-state index contributed by atoms with van der Waals surface area (Å²) in [6, 6.07) is 0. The largest absolute Gasteiger partial charge is 0.761 e. The van der Waals surface area contributed by atoms with Crippen molar-refractivity contribution in [1.29, 1.82) is 0 Å². The van der Waals surface area contributed by atoms with Crippen LogP contribution < -0.4 is 0 Å². The summed E-state index contributed by atoms with van der Waals surface area (Å²) in [5, 5.41) is 0. The monoisotopic (exact) mass is 101 g/mol. The molecule has 0 heterocycles. The minimum Gasteiger partial charge on any atom is -0.511 e. The maximum absolute atomic E-state index is 8.74. The van der Waals surface area contributed by atoms with Crippen molar-refractivity contribution in [2.24, 2.45) is 0 Å². The third kappa shape index (κ3) is 83.1. The maximum atomic E-state index is 8.74. The van der Waals surface area contributed by atoms with Gasteiger partial charge in [-0.3, -0.25) is 4.46 Å². The molecule has 0 saturated heterocycles. The molecule has 2 N–H and O–H groups in total. The van der Waals surface area contributed by atoms with Gasteiger partial charge in [0.2, 0.25) is 0 Å². The van der Waals surface area contributed by atoms with E-state index in [0.717, 1.165) is 0 Å². The fourth-order valence-electron chi connectivity index (χ4n) is 0. The van der Waals surface area contributed by atoms with Crippen LogP contribution in [0.25, 0.3) is 0 Å². The van der Waals surface area contributed by atoms with E-state index in [-0.39, 0.29) is 29.6 Å². The quantitative estimate of drug-likeness (QED) is 0.347. The van der Waals surface area contributed by atoms with Crippen molar-refractivity contribution in [3.05, 3.63) is 0 Å². The first-order chi connectivity index (χ1) is 1.73. The van der Waals surface area contributed by atoms with Crippen molar-refractivity contribution < 1.29 is 14.1 Å². The van der Waals surface area contributed by atoms with Crippen molar-refractivity contribution in [2.75, 3.05) is 0 Å². The molecule has 0 atom stereocenters. The van der Waals surface area contributed by atoms with Gasteiger partial charge in [0.15, 0.2) is 0 Å². The third-order valence-electron chi connectivity index (χ3n) is 0. The molecule has 0 aliphatic rings. The second-order valence-electron chi connectivity index (χ2n) is 0.283. The van der Waals surface area contributed by atoms with Gasteiger partial charge in [0.05, 0.1) is 0 Å². The van der Waals surface area contributed by atoms with Gasteiger partial charge in [0.25, 0.3) is 0 Å². The number of hydrogen-bond donors (Lipinski definition) is 2. The van der Waals surface area contributed by atoms with Crippen LogP contribution in [0.5, 0.6) is 0 Å². The van der Waals surface area contributed by atoms with Gasteiger partial charge in [-0.05, 0) is 0 Å². The molecule has 0 aromatic carbocycles. The molecule has 5 heteroatoms. The Bertz CT molecular complexity index is 29.9. The first-order valence-electron chi connectivity index (χ1n) is 0.651. The molecule has 0 amide bonds. The second kappa shape index (κ2) is 4.62. The minimum atomic E-state index is -3.13. The standard InChI is InChI=1S/Na.H2O3Si/c;1-4(2)3/h;1-2H. The minimum absolute atomic E-state index is 0. The van der Waals surface area contributed by atoms with Crippen LogP contribution in [0.15, 0.2) is 0 Å². The Morgan fingerprint density at radius 2 is 1.40 bits per heavy atom. The first kappa shape index (κ1) is 9.15. The molecule has 5 heavy (non-hydrogen) atoms. The van der Waals surface area contributed by atoms with Crippen LogP contribution in [0.4, 0.5) is 0 Å². The summed E-state index contributed by atoms with van der Waals surface area (Å²) in [4.78, 5) is 14.3. The summed E-state index contributed by atoms with van der Waals surface area (Å²) in [6.07, 6.45) is 0. The maximum Gasteiger partial charge on any atom is 0.761 e. The summed E-state index contributed by atoms with van der Waals surface area (Å²) in [6.45, 7) is 0. The molecule has 0 bridgehead atoms. The first-order valence-corrected chi connectivity index (χ1v) is 1.95. The van der Waals surface area contributed by atoms with E-state index in [4.69, 9.17) is 14.1 Å². The molecule has 0 saturated carbocycles. The second-order valence-corrected chi connectivity index (χ2v) is 0.848. The Morgan fingerprint density at radius 1 is 1.40 bits per heavy atom. The zero-order chi connectivity index (χ0) is 3.58. The molecule has 0 unspecified atom stereocenters. The van der Waals surface area contributed by atoms with Gasteiger partial charge >= 0.3 is 9.17 Å². The van der Waals surface area contributed by atoms with Crippen molar-refractivity contribution in [2.45, 2.75) is 0 Å². The third-order valence-corrected chi connectivity index (χ3v) is 0. The van der Waals surface area contributed by atoms with Crippen molar-refractivity contribution in [1.82, 2.24) is 0 Å². The van der Waals surface area contributed by atoms with Crippen LogP contribution in [-0.2, 0) is 4.46 Å². The van der Waals surface area contributed by atoms with Gasteiger partial charge < -0.3 is 9.59 Å². The van der Waals surface area contributed by atoms with E-state index in [0.29, 0.717) is 0 Å². The topological polar surface area (TPSA) is 57.5 Å². The van der Waals surface area contributed by atoms with Crippen LogP contribution >= 0.6 is 0 Å². The van der Waals surface area contributed by atoms with E-state index >= 15 is 0 Å². The van der Waals surface area contributed by atoms with E-state index in [1.807, 2.05) is 0 Å². The van der Waals surface area contributed by atoms with Crippen molar-refractivity contribution >= 4 is 38.7 Å². The average molecular weight is 101 g/mol. The predicted octanol–water partition coefficient (Wildman–Crippen LogP) is -1.99. The normalized spacial score (nSPS) is 4.80. The Kier molecular flexibility index (Phi) is 8.45. The molecular weight excluding hydrogens is 99.1 g/mol. The van der Waals surface area contributed by atoms with Gasteiger partial charge in [0.1, 0.15) is 0 Å². The summed E-state index contributed by atoms with van der Waals surface area (Å²) in [7, 11) is -3.13. The van der Waals surface area contributed by atoms with Gasteiger partial charge in [-0.15, -0.1) is 0 Å². The summed E-state index contributed by atoms with van der Waals surface area (Å²) >= 11 is 0. The molecule has 0 aliphatic carbocycles. The zero-order valence-corrected chi connectivity index (χ0v) is 5.80. The van der Waals surface area contributed by atoms with E-state index in [2.05, 4.69) is 0 Å². The van der Waals surface area contributed by atoms with Crippen molar-refractivity contribution in [3.63, 3.8) is 0 Å². The summed E-state index contributed by atoms with van der Waals surface area (Å²) in [5.74, 6) is 0. The Labute approximate surface area is 52.8 Å². The SMILES string of the molecule is O=[Si](O)O.[Na]. The van der Waals surface area contributed by atoms with Crippen LogP contribution in [0.2, 0.25) is 0 Å². The van der Waals surface area contributed by atoms with Crippen LogP contribution in [-0.4, -0.2) is 48.3 Å². The molecule has 3 nitrogen and oxygen atoms in total. The van der Waals surface area contributed by atoms with E-state index in [1.165, 1.54) is 0 Å². The van der Waals surface area contributed by atoms with Crippen LogP contribution in [0.3, 0.4) is 0 Å². The Morgan fingerprint density at radius 3 is 1.40 bits per heavy atom. The van der Waals surface area contributed by atoms with Gasteiger partial charge in [0, 0.05) is 29.6 Å². The molecule has 0 rings (SSSR count). The van der Waals surface area contributed by atoms with E-state index < -0.39 is 9.17 Å². The summed E-state index contributed by atoms with van der Waals surface area (Å²) < 4.78 is 8.74. The molecular formula is H2NaO3Si. The molecule has 0 aromatic heterocycles. The van der Waals surface area contributed by atoms with Gasteiger partial charge in [-0.25, -0.2) is 0 Å². The molecule has 0 spiro atoms. The van der Waals surface area contributed by atoms with E-state index in [1.54, 1.807) is 0 Å². The Hall–Kier alpha value is 0.617. The molecule has 25 valence electrons. The molecule has 0 aliphatic heterocycles. The summed E-state index contributed by atoms with van der Waals surface area (Å²) in [5.41, 5.74) is 0. The number of hydrogen-bond acceptors (Lipinski definition) is 1. The van der Waals surface area contributed by atoms with Gasteiger partial charge in [-0.2, -0.15) is 0 Å². The van der Waals surface area contributed by atoms with Crippen LogP contribution in [0.1, 0.15) is 0 Å². The van der Waals surface area contributed by atoms with Crippen molar-refractivity contribution in [3.8, 4) is 0 Å². The molecule has 0 aromatic rings.